The first-order valence-electron chi connectivity index (χ1n) is 5.78. The summed E-state index contributed by atoms with van der Waals surface area (Å²) < 4.78 is 0. The molecule has 0 amide bonds. The van der Waals surface area contributed by atoms with Crippen LogP contribution in [0.1, 0.15) is 4.88 Å². The van der Waals surface area contributed by atoms with Gasteiger partial charge in [0.2, 0.25) is 0 Å². The summed E-state index contributed by atoms with van der Waals surface area (Å²) in [5.74, 6) is 0.810. The van der Waals surface area contributed by atoms with Crippen LogP contribution >= 0.6 is 11.3 Å². The highest BCUT2D eigenvalue weighted by molar-refractivity contribution is 7.10. The van der Waals surface area contributed by atoms with E-state index in [1.807, 2.05) is 12.3 Å². The van der Waals surface area contributed by atoms with E-state index >= 15 is 0 Å². The minimum atomic E-state index is 0.797. The number of thiophene rings is 1. The molecule has 0 saturated carbocycles. The number of hydrogen-bond acceptors (Lipinski definition) is 3. The third-order valence-electron chi connectivity index (χ3n) is 2.69. The number of anilines is 1. The van der Waals surface area contributed by atoms with Gasteiger partial charge in [0.25, 0.3) is 0 Å². The monoisotopic (exact) mass is 255 g/mol. The molecule has 2 heterocycles. The van der Waals surface area contributed by atoms with Crippen molar-refractivity contribution in [3.63, 3.8) is 0 Å². The van der Waals surface area contributed by atoms with Gasteiger partial charge in [-0.05, 0) is 22.6 Å². The lowest BCUT2D eigenvalue weighted by atomic mass is 10.1. The number of nitrogens with one attached hydrogen (secondary N) is 2. The van der Waals surface area contributed by atoms with Crippen LogP contribution in [0.25, 0.3) is 11.1 Å². The number of nitrogens with zero attached hydrogens (tertiary/aromatic N) is 1. The molecule has 0 fully saturated rings. The maximum atomic E-state index is 4.13. The summed E-state index contributed by atoms with van der Waals surface area (Å²) in [7, 11) is 0. The van der Waals surface area contributed by atoms with E-state index in [2.05, 4.69) is 51.0 Å². The van der Waals surface area contributed by atoms with Crippen LogP contribution in [0.15, 0.2) is 54.2 Å². The van der Waals surface area contributed by atoms with Crippen LogP contribution in [0.4, 0.5) is 5.95 Å². The average Bonchev–Trinajstić information content (AvgIpc) is 3.09. The van der Waals surface area contributed by atoms with Gasteiger partial charge < -0.3 is 10.3 Å². The van der Waals surface area contributed by atoms with Crippen molar-refractivity contribution in [1.29, 1.82) is 0 Å². The summed E-state index contributed by atoms with van der Waals surface area (Å²) in [5.41, 5.74) is 2.54. The molecular formula is C14H13N3S. The Labute approximate surface area is 110 Å². The maximum absolute atomic E-state index is 4.13. The van der Waals surface area contributed by atoms with Gasteiger partial charge in [0.05, 0.1) is 6.54 Å². The zero-order valence-electron chi connectivity index (χ0n) is 9.76. The SMILES string of the molecule is c1ccc(-c2csc(CNc3ncc[nH]3)c2)cc1. The molecule has 3 nitrogen and oxygen atoms in total. The Bertz CT molecular complexity index is 599. The molecule has 90 valence electrons. The minimum Gasteiger partial charge on any atom is -0.351 e. The van der Waals surface area contributed by atoms with E-state index < -0.39 is 0 Å². The van der Waals surface area contributed by atoms with Gasteiger partial charge in [-0.2, -0.15) is 0 Å². The van der Waals surface area contributed by atoms with Gasteiger partial charge in [-0.25, -0.2) is 4.98 Å². The molecule has 4 heteroatoms. The summed E-state index contributed by atoms with van der Waals surface area (Å²) in [6.45, 7) is 0.797. The van der Waals surface area contributed by atoms with Crippen molar-refractivity contribution in [2.45, 2.75) is 6.54 Å². The molecule has 0 aliphatic heterocycles. The van der Waals surface area contributed by atoms with Gasteiger partial charge in [-0.1, -0.05) is 30.3 Å². The number of hydrogen-bond donors (Lipinski definition) is 2. The predicted molar refractivity (Wildman–Crippen MR) is 75.7 cm³/mol. The molecule has 0 spiro atoms. The molecule has 0 saturated heterocycles. The third kappa shape index (κ3) is 2.43. The van der Waals surface area contributed by atoms with Crippen molar-refractivity contribution in [1.82, 2.24) is 9.97 Å². The van der Waals surface area contributed by atoms with Crippen LogP contribution in [0.5, 0.6) is 0 Å². The quantitative estimate of drug-likeness (QED) is 0.745. The number of H-pyrrole nitrogens is 1. The summed E-state index contributed by atoms with van der Waals surface area (Å²) in [5, 5.41) is 5.44. The highest BCUT2D eigenvalue weighted by Crippen LogP contribution is 2.25. The van der Waals surface area contributed by atoms with Gasteiger partial charge >= 0.3 is 0 Å². The van der Waals surface area contributed by atoms with E-state index in [1.165, 1.54) is 16.0 Å². The molecule has 0 atom stereocenters. The Kier molecular flexibility index (Phi) is 3.10. The van der Waals surface area contributed by atoms with Crippen LogP contribution in [0.3, 0.4) is 0 Å². The number of rotatable bonds is 4. The van der Waals surface area contributed by atoms with Gasteiger partial charge in [0.1, 0.15) is 0 Å². The second-order valence-electron chi connectivity index (χ2n) is 3.96. The molecule has 0 aliphatic rings. The van der Waals surface area contributed by atoms with Crippen LogP contribution in [-0.2, 0) is 6.54 Å². The number of benzene rings is 1. The molecule has 3 rings (SSSR count). The van der Waals surface area contributed by atoms with Crippen LogP contribution < -0.4 is 5.32 Å². The van der Waals surface area contributed by atoms with Crippen LogP contribution in [0, 0.1) is 0 Å². The molecule has 2 N–H and O–H groups in total. The number of aromatic amines is 1. The van der Waals surface area contributed by atoms with E-state index in [9.17, 15) is 0 Å². The van der Waals surface area contributed by atoms with Crippen molar-refractivity contribution >= 4 is 17.3 Å². The third-order valence-corrected chi connectivity index (χ3v) is 3.63. The molecule has 0 aliphatic carbocycles. The van der Waals surface area contributed by atoms with Gasteiger partial charge in [-0.3, -0.25) is 0 Å². The van der Waals surface area contributed by atoms with Crippen molar-refractivity contribution in [3.8, 4) is 11.1 Å². The zero-order valence-corrected chi connectivity index (χ0v) is 10.6. The predicted octanol–water partition coefficient (Wildman–Crippen LogP) is 3.75. The van der Waals surface area contributed by atoms with E-state index in [4.69, 9.17) is 0 Å². The Morgan fingerprint density at radius 3 is 2.83 bits per heavy atom. The highest BCUT2D eigenvalue weighted by Gasteiger charge is 2.02. The summed E-state index contributed by atoms with van der Waals surface area (Å²) in [6, 6.07) is 12.6. The van der Waals surface area contributed by atoms with E-state index in [0.717, 1.165) is 12.5 Å². The fourth-order valence-corrected chi connectivity index (χ4v) is 2.62. The second kappa shape index (κ2) is 5.06. The lowest BCUT2D eigenvalue weighted by molar-refractivity contribution is 1.12. The summed E-state index contributed by atoms with van der Waals surface area (Å²) in [4.78, 5) is 8.46. The maximum Gasteiger partial charge on any atom is 0.200 e. The molecule has 1 aromatic carbocycles. The van der Waals surface area contributed by atoms with E-state index in [-0.39, 0.29) is 0 Å². The Balaban J connectivity index is 1.70. The fourth-order valence-electron chi connectivity index (χ4n) is 1.79. The second-order valence-corrected chi connectivity index (χ2v) is 4.95. The van der Waals surface area contributed by atoms with Crippen LogP contribution in [-0.4, -0.2) is 9.97 Å². The van der Waals surface area contributed by atoms with E-state index in [1.54, 1.807) is 17.5 Å². The van der Waals surface area contributed by atoms with Crippen molar-refractivity contribution < 1.29 is 0 Å². The molecular weight excluding hydrogens is 242 g/mol. The number of aromatic nitrogens is 2. The minimum absolute atomic E-state index is 0.797. The highest BCUT2D eigenvalue weighted by atomic mass is 32.1. The van der Waals surface area contributed by atoms with Gasteiger partial charge in [0, 0.05) is 17.3 Å². The zero-order chi connectivity index (χ0) is 12.2. The first-order valence-corrected chi connectivity index (χ1v) is 6.66. The topological polar surface area (TPSA) is 40.7 Å². The van der Waals surface area contributed by atoms with Gasteiger partial charge in [0.15, 0.2) is 5.95 Å². The van der Waals surface area contributed by atoms with Crippen molar-refractivity contribution in [3.05, 3.63) is 59.0 Å². The lowest BCUT2D eigenvalue weighted by Crippen LogP contribution is -1.98. The normalized spacial score (nSPS) is 10.4. The smallest absolute Gasteiger partial charge is 0.200 e. The largest absolute Gasteiger partial charge is 0.351 e. The molecule has 0 radical (unpaired) electrons. The Morgan fingerprint density at radius 2 is 2.06 bits per heavy atom. The summed E-state index contributed by atoms with van der Waals surface area (Å²) >= 11 is 1.76. The molecule has 0 bridgehead atoms. The molecule has 0 unspecified atom stereocenters. The van der Waals surface area contributed by atoms with Crippen LogP contribution in [0.2, 0.25) is 0 Å². The first-order chi connectivity index (χ1) is 8.92. The molecule has 18 heavy (non-hydrogen) atoms. The molecule has 2 aromatic heterocycles. The first kappa shape index (κ1) is 11.0. The standard InChI is InChI=1S/C14H13N3S/c1-2-4-11(5-3-1)12-8-13(18-10-12)9-17-14-15-6-7-16-14/h1-8,10H,9H2,(H2,15,16,17). The Morgan fingerprint density at radius 1 is 1.17 bits per heavy atom. The van der Waals surface area contributed by atoms with Gasteiger partial charge in [-0.15, -0.1) is 11.3 Å². The van der Waals surface area contributed by atoms with Crippen molar-refractivity contribution in [2.24, 2.45) is 0 Å². The number of imidazole rings is 1. The van der Waals surface area contributed by atoms with E-state index in [0.29, 0.717) is 0 Å². The Hall–Kier alpha value is -2.07. The average molecular weight is 255 g/mol. The lowest BCUT2D eigenvalue weighted by Gasteiger charge is -1.99. The fraction of sp³-hybridized carbons (Fsp3) is 0.0714. The van der Waals surface area contributed by atoms with Crippen molar-refractivity contribution in [2.75, 3.05) is 5.32 Å². The molecule has 3 aromatic rings. The summed E-state index contributed by atoms with van der Waals surface area (Å²) in [6.07, 6.45) is 3.55.